The molecule has 3 rings (SSSR count). The van der Waals surface area contributed by atoms with Gasteiger partial charge in [0, 0.05) is 10.8 Å². The maximum absolute atomic E-state index is 10.9. The number of aliphatic carboxylic acids is 1. The maximum atomic E-state index is 10.9. The first-order chi connectivity index (χ1) is 15.2. The normalized spacial score (nSPS) is 17.8. The first-order valence-corrected chi connectivity index (χ1v) is 10.3. The van der Waals surface area contributed by atoms with Crippen molar-refractivity contribution in [3.63, 3.8) is 0 Å². The van der Waals surface area contributed by atoms with E-state index in [1.165, 1.54) is 12.6 Å². The van der Waals surface area contributed by atoms with Crippen molar-refractivity contribution in [2.24, 2.45) is 11.1 Å². The van der Waals surface area contributed by atoms with Crippen LogP contribution < -0.4 is 5.73 Å². The Morgan fingerprint density at radius 2 is 1.53 bits per heavy atom. The van der Waals surface area contributed by atoms with Gasteiger partial charge in [-0.2, -0.15) is 0 Å². The van der Waals surface area contributed by atoms with Gasteiger partial charge in [-0.25, -0.2) is 0 Å². The van der Waals surface area contributed by atoms with E-state index in [0.717, 1.165) is 28.0 Å². The first-order valence-electron chi connectivity index (χ1n) is 9.81. The molecule has 1 aliphatic rings. The van der Waals surface area contributed by atoms with Crippen LogP contribution >= 0.6 is 12.6 Å². The number of hydrogen-bond acceptors (Lipinski definition) is 5. The molecule has 0 amide bonds. The highest BCUT2D eigenvalue weighted by atomic mass is 32.1. The molecule has 0 saturated heterocycles. The minimum Gasteiger partial charge on any atom is -0.481 e. The van der Waals surface area contributed by atoms with Crippen LogP contribution in [-0.4, -0.2) is 31.7 Å². The summed E-state index contributed by atoms with van der Waals surface area (Å²) in [5.74, 6) is -0.465. The highest BCUT2D eigenvalue weighted by molar-refractivity contribution is 7.90. The van der Waals surface area contributed by atoms with Crippen molar-refractivity contribution in [3.05, 3.63) is 89.5 Å². The number of rotatable bonds is 4. The summed E-state index contributed by atoms with van der Waals surface area (Å²) in [5, 5.41) is 8.94. The molecule has 0 bridgehead atoms. The van der Waals surface area contributed by atoms with Gasteiger partial charge in [-0.05, 0) is 51.4 Å². The second-order valence-corrected chi connectivity index (χ2v) is 7.61. The number of nitrogens with two attached hydrogens (primary N) is 1. The molecule has 2 aromatic rings. The molecule has 1 aliphatic carbocycles. The SMILES string of the molecule is C=C(C)/C=C(\S)c1ccc(C)cc1.C=O.C=O.CC1(C(=O)O)CC1c1ccccc1.CN. The number of carbonyl (C=O) groups excluding carboxylic acids is 2. The van der Waals surface area contributed by atoms with E-state index in [1.807, 2.05) is 63.8 Å². The summed E-state index contributed by atoms with van der Waals surface area (Å²) in [4.78, 5) is 27.8. The quantitative estimate of drug-likeness (QED) is 0.427. The fourth-order valence-electron chi connectivity index (χ4n) is 2.81. The van der Waals surface area contributed by atoms with Crippen molar-refractivity contribution in [1.82, 2.24) is 0 Å². The Hall–Kier alpha value is -2.96. The van der Waals surface area contributed by atoms with Crippen molar-refractivity contribution in [2.75, 3.05) is 7.05 Å². The van der Waals surface area contributed by atoms with Gasteiger partial charge in [0.2, 0.25) is 0 Å². The van der Waals surface area contributed by atoms with Crippen LogP contribution in [0, 0.1) is 12.3 Å². The van der Waals surface area contributed by atoms with Crippen LogP contribution in [0.3, 0.4) is 0 Å². The Morgan fingerprint density at radius 1 is 1.06 bits per heavy atom. The fraction of sp³-hybridized carbons (Fsp3) is 0.269. The zero-order valence-electron chi connectivity index (χ0n) is 19.4. The van der Waals surface area contributed by atoms with Crippen LogP contribution in [0.1, 0.15) is 42.9 Å². The Morgan fingerprint density at radius 3 is 1.91 bits per heavy atom. The summed E-state index contributed by atoms with van der Waals surface area (Å²) in [5.41, 5.74) is 8.55. The first kappa shape index (κ1) is 31.2. The van der Waals surface area contributed by atoms with Crippen LogP contribution in [0.4, 0.5) is 0 Å². The van der Waals surface area contributed by atoms with Crippen molar-refractivity contribution in [3.8, 4) is 0 Å². The van der Waals surface area contributed by atoms with Crippen LogP contribution in [0.5, 0.6) is 0 Å². The predicted molar refractivity (Wildman–Crippen MR) is 137 cm³/mol. The second kappa shape index (κ2) is 16.7. The van der Waals surface area contributed by atoms with E-state index >= 15 is 0 Å². The number of benzene rings is 2. The van der Waals surface area contributed by atoms with E-state index in [2.05, 4.69) is 56.1 Å². The number of hydrogen-bond donors (Lipinski definition) is 3. The van der Waals surface area contributed by atoms with E-state index in [-0.39, 0.29) is 5.92 Å². The molecule has 2 unspecified atom stereocenters. The number of aryl methyl sites for hydroxylation is 1. The second-order valence-electron chi connectivity index (χ2n) is 7.13. The van der Waals surface area contributed by atoms with Crippen molar-refractivity contribution in [2.45, 2.75) is 33.1 Å². The molecule has 1 saturated carbocycles. The van der Waals surface area contributed by atoms with E-state index in [0.29, 0.717) is 0 Å². The van der Waals surface area contributed by atoms with Gasteiger partial charge < -0.3 is 20.4 Å². The summed E-state index contributed by atoms with van der Waals surface area (Å²) < 4.78 is 0. The van der Waals surface area contributed by atoms with E-state index in [1.54, 1.807) is 0 Å². The Balaban J connectivity index is 0. The molecule has 6 heteroatoms. The molecule has 0 aliphatic heterocycles. The number of carbonyl (C=O) groups is 3. The molecule has 0 aromatic heterocycles. The molecule has 5 nitrogen and oxygen atoms in total. The van der Waals surface area contributed by atoms with E-state index < -0.39 is 11.4 Å². The molecular weight excluding hydrogens is 422 g/mol. The molecule has 174 valence electrons. The number of thiol groups is 1. The van der Waals surface area contributed by atoms with Gasteiger partial charge in [-0.1, -0.05) is 72.3 Å². The number of carboxylic acids is 1. The lowest BCUT2D eigenvalue weighted by atomic mass is 10.0. The molecular formula is C26H35NO4S. The molecule has 3 N–H and O–H groups in total. The van der Waals surface area contributed by atoms with Gasteiger partial charge in [0.15, 0.2) is 0 Å². The Labute approximate surface area is 197 Å². The zero-order valence-corrected chi connectivity index (χ0v) is 20.3. The molecule has 32 heavy (non-hydrogen) atoms. The minimum absolute atomic E-state index is 0.214. The lowest BCUT2D eigenvalue weighted by molar-refractivity contribution is -0.142. The van der Waals surface area contributed by atoms with E-state index in [9.17, 15) is 4.79 Å². The largest absolute Gasteiger partial charge is 0.481 e. The van der Waals surface area contributed by atoms with E-state index in [4.69, 9.17) is 14.7 Å². The van der Waals surface area contributed by atoms with Crippen LogP contribution in [0.2, 0.25) is 0 Å². The third-order valence-electron chi connectivity index (χ3n) is 4.66. The zero-order chi connectivity index (χ0) is 25.3. The average molecular weight is 458 g/mol. The van der Waals surface area contributed by atoms with Gasteiger partial charge >= 0.3 is 5.97 Å². The summed E-state index contributed by atoms with van der Waals surface area (Å²) in [7, 11) is 1.50. The summed E-state index contributed by atoms with van der Waals surface area (Å²) in [6, 6.07) is 18.2. The lowest BCUT2D eigenvalue weighted by Gasteiger charge is -2.04. The highest BCUT2D eigenvalue weighted by Gasteiger charge is 2.56. The Bertz CT molecular complexity index is 848. The average Bonchev–Trinajstić information content (AvgIpc) is 3.52. The third-order valence-corrected chi connectivity index (χ3v) is 5.05. The third kappa shape index (κ3) is 10.4. The smallest absolute Gasteiger partial charge is 0.309 e. The molecule has 0 heterocycles. The van der Waals surface area contributed by atoms with Gasteiger partial charge in [0.1, 0.15) is 13.6 Å². The molecule has 2 atom stereocenters. The summed E-state index contributed by atoms with van der Waals surface area (Å²) >= 11 is 4.39. The van der Waals surface area contributed by atoms with Crippen molar-refractivity contribution < 1.29 is 19.5 Å². The highest BCUT2D eigenvalue weighted by Crippen LogP contribution is 2.59. The predicted octanol–water partition coefficient (Wildman–Crippen LogP) is 5.31. The van der Waals surface area contributed by atoms with Gasteiger partial charge in [0.25, 0.3) is 0 Å². The topological polar surface area (TPSA) is 97.5 Å². The number of allylic oxidation sites excluding steroid dienone is 2. The Kier molecular flexibility index (Phi) is 16.3. The number of carboxylic acid groups (broad SMARTS) is 1. The maximum Gasteiger partial charge on any atom is 0.309 e. The van der Waals surface area contributed by atoms with Crippen LogP contribution in [0.15, 0.2) is 72.8 Å². The van der Waals surface area contributed by atoms with Crippen LogP contribution in [0.25, 0.3) is 4.91 Å². The monoisotopic (exact) mass is 457 g/mol. The van der Waals surface area contributed by atoms with Gasteiger partial charge in [-0.3, -0.25) is 4.79 Å². The standard InChI is InChI=1S/C12H14S.C11H12O2.CH5N.2CH2O/c1-9(2)8-12(13)11-6-4-10(3)5-7-11;1-11(10(12)13)7-9(11)8-5-3-2-4-6-8;3*1-2/h4-8,13H,1H2,2-3H3;2-6,9H,7H2,1H3,(H,12,13);2H2,1H3;2*1H2/b12-8-;;;;. The van der Waals surface area contributed by atoms with Crippen molar-refractivity contribution in [1.29, 1.82) is 0 Å². The fourth-order valence-corrected chi connectivity index (χ4v) is 3.18. The van der Waals surface area contributed by atoms with Gasteiger partial charge in [0.05, 0.1) is 5.41 Å². The summed E-state index contributed by atoms with van der Waals surface area (Å²) in [6.45, 7) is 13.7. The van der Waals surface area contributed by atoms with Gasteiger partial charge in [-0.15, -0.1) is 12.6 Å². The molecule has 0 spiro atoms. The van der Waals surface area contributed by atoms with Crippen molar-refractivity contribution >= 4 is 37.1 Å². The summed E-state index contributed by atoms with van der Waals surface area (Å²) in [6.07, 6.45) is 2.74. The molecule has 0 radical (unpaired) electrons. The minimum atomic E-state index is -0.679. The molecule has 2 aromatic carbocycles. The lowest BCUT2D eigenvalue weighted by Crippen LogP contribution is -2.12. The van der Waals surface area contributed by atoms with Crippen LogP contribution in [-0.2, 0) is 14.4 Å². The molecule has 1 fully saturated rings.